The van der Waals surface area contributed by atoms with Crippen molar-refractivity contribution in [3.05, 3.63) is 0 Å². The Morgan fingerprint density at radius 3 is 2.33 bits per heavy atom. The van der Waals surface area contributed by atoms with Crippen LogP contribution in [0.3, 0.4) is 0 Å². The van der Waals surface area contributed by atoms with E-state index < -0.39 is 6.17 Å². The standard InChI is InChI=1S/C7H9FO/c8-5-1-7(2-5)3-6(9)4-7/h5H,1-4H2. The van der Waals surface area contributed by atoms with Crippen LogP contribution in [0.1, 0.15) is 25.7 Å². The summed E-state index contributed by atoms with van der Waals surface area (Å²) in [6.07, 6.45) is 2.02. The summed E-state index contributed by atoms with van der Waals surface area (Å²) in [6, 6.07) is 0. The van der Waals surface area contributed by atoms with Gasteiger partial charge in [-0.2, -0.15) is 0 Å². The lowest BCUT2D eigenvalue weighted by atomic mass is 9.55. The summed E-state index contributed by atoms with van der Waals surface area (Å²) in [5, 5.41) is 0. The normalized spacial score (nSPS) is 31.9. The van der Waals surface area contributed by atoms with E-state index in [0.717, 1.165) is 0 Å². The SMILES string of the molecule is O=C1CC2(C1)CC(F)C2. The molecular weight excluding hydrogens is 119 g/mol. The minimum Gasteiger partial charge on any atom is -0.300 e. The van der Waals surface area contributed by atoms with E-state index in [1.165, 1.54) is 0 Å². The summed E-state index contributed by atoms with van der Waals surface area (Å²) in [5.74, 6) is 0.321. The highest BCUT2D eigenvalue weighted by atomic mass is 19.1. The van der Waals surface area contributed by atoms with Gasteiger partial charge < -0.3 is 0 Å². The van der Waals surface area contributed by atoms with Gasteiger partial charge in [0.1, 0.15) is 12.0 Å². The molecule has 0 unspecified atom stereocenters. The van der Waals surface area contributed by atoms with Gasteiger partial charge in [-0.15, -0.1) is 0 Å². The molecule has 0 heterocycles. The minimum absolute atomic E-state index is 0.163. The molecule has 2 fully saturated rings. The van der Waals surface area contributed by atoms with E-state index in [9.17, 15) is 9.18 Å². The molecule has 0 bridgehead atoms. The van der Waals surface area contributed by atoms with Gasteiger partial charge in [0.25, 0.3) is 0 Å². The molecule has 9 heavy (non-hydrogen) atoms. The summed E-state index contributed by atoms with van der Waals surface area (Å²) in [6.45, 7) is 0. The van der Waals surface area contributed by atoms with E-state index in [-0.39, 0.29) is 5.41 Å². The third-order valence-electron chi connectivity index (χ3n) is 2.45. The van der Waals surface area contributed by atoms with Gasteiger partial charge in [0.05, 0.1) is 0 Å². The van der Waals surface area contributed by atoms with Gasteiger partial charge in [-0.1, -0.05) is 0 Å². The number of hydrogen-bond donors (Lipinski definition) is 0. The second-order valence-electron chi connectivity index (χ2n) is 3.40. The van der Waals surface area contributed by atoms with Crippen molar-refractivity contribution in [1.82, 2.24) is 0 Å². The quantitative estimate of drug-likeness (QED) is 0.482. The Morgan fingerprint density at radius 2 is 2.00 bits per heavy atom. The van der Waals surface area contributed by atoms with Crippen LogP contribution in [0.2, 0.25) is 0 Å². The first-order valence-electron chi connectivity index (χ1n) is 3.36. The number of ketones is 1. The zero-order valence-corrected chi connectivity index (χ0v) is 5.19. The Bertz CT molecular complexity index is 148. The zero-order valence-electron chi connectivity index (χ0n) is 5.19. The van der Waals surface area contributed by atoms with Crippen LogP contribution < -0.4 is 0 Å². The minimum atomic E-state index is -0.599. The number of halogens is 1. The highest BCUT2D eigenvalue weighted by Gasteiger charge is 2.52. The third kappa shape index (κ3) is 0.620. The third-order valence-corrected chi connectivity index (χ3v) is 2.45. The first-order chi connectivity index (χ1) is 4.20. The number of carbonyl (C=O) groups is 1. The molecule has 0 aromatic heterocycles. The van der Waals surface area contributed by atoms with Crippen LogP contribution in [-0.4, -0.2) is 12.0 Å². The van der Waals surface area contributed by atoms with Crippen molar-refractivity contribution in [3.8, 4) is 0 Å². The molecule has 0 aromatic carbocycles. The van der Waals surface area contributed by atoms with E-state index in [0.29, 0.717) is 31.5 Å². The van der Waals surface area contributed by atoms with E-state index >= 15 is 0 Å². The van der Waals surface area contributed by atoms with Gasteiger partial charge in [-0.05, 0) is 18.3 Å². The molecule has 1 nitrogen and oxygen atoms in total. The fraction of sp³-hybridized carbons (Fsp3) is 0.857. The lowest BCUT2D eigenvalue weighted by Gasteiger charge is -2.49. The van der Waals surface area contributed by atoms with Crippen LogP contribution in [0.5, 0.6) is 0 Å². The summed E-state index contributed by atoms with van der Waals surface area (Å²) in [4.78, 5) is 10.5. The average molecular weight is 128 g/mol. The van der Waals surface area contributed by atoms with Crippen molar-refractivity contribution in [2.45, 2.75) is 31.9 Å². The summed E-state index contributed by atoms with van der Waals surface area (Å²) in [7, 11) is 0. The molecule has 2 aliphatic carbocycles. The van der Waals surface area contributed by atoms with E-state index in [1.54, 1.807) is 0 Å². The van der Waals surface area contributed by atoms with Crippen molar-refractivity contribution in [2.75, 3.05) is 0 Å². The molecule has 0 N–H and O–H groups in total. The van der Waals surface area contributed by atoms with Crippen molar-refractivity contribution in [1.29, 1.82) is 0 Å². The van der Waals surface area contributed by atoms with Crippen molar-refractivity contribution in [3.63, 3.8) is 0 Å². The molecule has 2 aliphatic rings. The number of rotatable bonds is 0. The molecule has 1 spiro atoms. The van der Waals surface area contributed by atoms with Crippen LogP contribution in [0.25, 0.3) is 0 Å². The maximum Gasteiger partial charge on any atom is 0.134 e. The lowest BCUT2D eigenvalue weighted by Crippen LogP contribution is -2.48. The van der Waals surface area contributed by atoms with Crippen LogP contribution in [0, 0.1) is 5.41 Å². The first kappa shape index (κ1) is 5.39. The summed E-state index contributed by atoms with van der Waals surface area (Å²) in [5.41, 5.74) is 0.163. The molecule has 0 amide bonds. The monoisotopic (exact) mass is 128 g/mol. The molecule has 2 rings (SSSR count). The van der Waals surface area contributed by atoms with Gasteiger partial charge in [-0.3, -0.25) is 4.79 Å². The highest BCUT2D eigenvalue weighted by molar-refractivity contribution is 5.86. The molecule has 2 heteroatoms. The number of Topliss-reactive ketones (excluding diaryl/α,β-unsaturated/α-hetero) is 1. The smallest absolute Gasteiger partial charge is 0.134 e. The number of alkyl halides is 1. The van der Waals surface area contributed by atoms with E-state index in [2.05, 4.69) is 0 Å². The topological polar surface area (TPSA) is 17.1 Å². The number of hydrogen-bond acceptors (Lipinski definition) is 1. The van der Waals surface area contributed by atoms with Crippen LogP contribution in [-0.2, 0) is 4.79 Å². The molecule has 2 saturated carbocycles. The number of carbonyl (C=O) groups excluding carboxylic acids is 1. The zero-order chi connectivity index (χ0) is 6.48. The predicted octanol–water partition coefficient (Wildman–Crippen LogP) is 1.47. The molecule has 0 aromatic rings. The van der Waals surface area contributed by atoms with Gasteiger partial charge in [0.2, 0.25) is 0 Å². The maximum absolute atomic E-state index is 12.2. The molecule has 0 aliphatic heterocycles. The fourth-order valence-corrected chi connectivity index (χ4v) is 1.95. The molecule has 0 radical (unpaired) electrons. The summed E-state index contributed by atoms with van der Waals surface area (Å²) < 4.78 is 12.2. The Labute approximate surface area is 53.2 Å². The predicted molar refractivity (Wildman–Crippen MR) is 30.8 cm³/mol. The van der Waals surface area contributed by atoms with E-state index in [4.69, 9.17) is 0 Å². The highest BCUT2D eigenvalue weighted by Crippen LogP contribution is 2.54. The summed E-state index contributed by atoms with van der Waals surface area (Å²) >= 11 is 0. The van der Waals surface area contributed by atoms with Crippen molar-refractivity contribution in [2.24, 2.45) is 5.41 Å². The Balaban J connectivity index is 1.94. The van der Waals surface area contributed by atoms with E-state index in [1.807, 2.05) is 0 Å². The second-order valence-corrected chi connectivity index (χ2v) is 3.40. The largest absolute Gasteiger partial charge is 0.300 e. The van der Waals surface area contributed by atoms with Crippen LogP contribution >= 0.6 is 0 Å². The Kier molecular flexibility index (Phi) is 0.815. The van der Waals surface area contributed by atoms with Gasteiger partial charge in [0.15, 0.2) is 0 Å². The van der Waals surface area contributed by atoms with Gasteiger partial charge in [-0.25, -0.2) is 4.39 Å². The maximum atomic E-state index is 12.2. The van der Waals surface area contributed by atoms with Crippen molar-refractivity contribution >= 4 is 5.78 Å². The second kappa shape index (κ2) is 1.36. The van der Waals surface area contributed by atoms with Gasteiger partial charge >= 0.3 is 0 Å². The molecule has 50 valence electrons. The van der Waals surface area contributed by atoms with Gasteiger partial charge in [0, 0.05) is 12.8 Å². The Morgan fingerprint density at radius 1 is 1.44 bits per heavy atom. The fourth-order valence-electron chi connectivity index (χ4n) is 1.95. The van der Waals surface area contributed by atoms with Crippen LogP contribution in [0.4, 0.5) is 4.39 Å². The van der Waals surface area contributed by atoms with Crippen molar-refractivity contribution < 1.29 is 9.18 Å². The first-order valence-corrected chi connectivity index (χ1v) is 3.36. The van der Waals surface area contributed by atoms with Crippen LogP contribution in [0.15, 0.2) is 0 Å². The molecule has 0 atom stereocenters. The lowest BCUT2D eigenvalue weighted by molar-refractivity contribution is -0.142. The molecule has 0 saturated heterocycles. The molecular formula is C7H9FO. The Hall–Kier alpha value is -0.400. The average Bonchev–Trinajstić information content (AvgIpc) is 1.58.